The number of methoxy groups -OCH3 is 1. The summed E-state index contributed by atoms with van der Waals surface area (Å²) in [6.45, 7) is 0. The Labute approximate surface area is 111 Å². The number of carbonyl (C=O) groups excluding carboxylic acids is 1. The number of benzene rings is 1. The normalized spacial score (nSPS) is 21.0. The van der Waals surface area contributed by atoms with Gasteiger partial charge in [-0.05, 0) is 24.6 Å². The van der Waals surface area contributed by atoms with E-state index in [2.05, 4.69) is 5.32 Å². The molecule has 1 aliphatic heterocycles. The van der Waals surface area contributed by atoms with E-state index in [9.17, 15) is 18.3 Å². The lowest BCUT2D eigenvalue weighted by Gasteiger charge is -2.11. The first-order chi connectivity index (χ1) is 8.91. The van der Waals surface area contributed by atoms with E-state index in [1.165, 1.54) is 25.3 Å². The Balaban J connectivity index is 2.06. The summed E-state index contributed by atoms with van der Waals surface area (Å²) in [5, 5.41) is 12.2. The number of phenols is 1. The molecule has 0 radical (unpaired) electrons. The van der Waals surface area contributed by atoms with Crippen molar-refractivity contribution in [1.82, 2.24) is 5.32 Å². The zero-order chi connectivity index (χ0) is 14.0. The number of nitrogens with one attached hydrogen (secondary N) is 1. The molecule has 6 nitrogen and oxygen atoms in total. The Morgan fingerprint density at radius 2 is 2.21 bits per heavy atom. The Bertz CT molecular complexity index is 596. The Morgan fingerprint density at radius 3 is 2.74 bits per heavy atom. The van der Waals surface area contributed by atoms with Gasteiger partial charge in [-0.3, -0.25) is 4.79 Å². The number of sulfone groups is 1. The maximum absolute atomic E-state index is 11.9. The molecule has 0 saturated carbocycles. The van der Waals surface area contributed by atoms with Crippen LogP contribution >= 0.6 is 0 Å². The van der Waals surface area contributed by atoms with Crippen LogP contribution in [0.5, 0.6) is 11.5 Å². The van der Waals surface area contributed by atoms with Crippen LogP contribution in [-0.4, -0.2) is 44.1 Å². The minimum Gasteiger partial charge on any atom is -0.504 e. The number of carbonyl (C=O) groups is 1. The second kappa shape index (κ2) is 5.08. The van der Waals surface area contributed by atoms with Crippen molar-refractivity contribution < 1.29 is 23.1 Å². The first kappa shape index (κ1) is 13.7. The number of aromatic hydroxyl groups is 1. The molecule has 2 rings (SSSR count). The molecular formula is C12H15NO5S. The summed E-state index contributed by atoms with van der Waals surface area (Å²) in [5.41, 5.74) is 0.266. The molecule has 2 N–H and O–H groups in total. The van der Waals surface area contributed by atoms with Crippen LogP contribution in [0.4, 0.5) is 0 Å². The molecule has 0 bridgehead atoms. The van der Waals surface area contributed by atoms with Crippen molar-refractivity contribution in [2.45, 2.75) is 12.5 Å². The van der Waals surface area contributed by atoms with Gasteiger partial charge in [0, 0.05) is 11.6 Å². The van der Waals surface area contributed by atoms with Gasteiger partial charge in [0.25, 0.3) is 5.91 Å². The molecule has 1 atom stereocenters. The van der Waals surface area contributed by atoms with E-state index < -0.39 is 15.7 Å². The van der Waals surface area contributed by atoms with Gasteiger partial charge in [0.1, 0.15) is 0 Å². The van der Waals surface area contributed by atoms with Gasteiger partial charge in [0.2, 0.25) is 0 Å². The molecule has 0 spiro atoms. The smallest absolute Gasteiger partial charge is 0.251 e. The summed E-state index contributed by atoms with van der Waals surface area (Å²) < 4.78 is 27.5. The zero-order valence-corrected chi connectivity index (χ0v) is 11.2. The third-order valence-corrected chi connectivity index (χ3v) is 4.78. The average Bonchev–Trinajstić information content (AvgIpc) is 2.68. The van der Waals surface area contributed by atoms with Gasteiger partial charge in [-0.1, -0.05) is 0 Å². The largest absolute Gasteiger partial charge is 0.504 e. The predicted octanol–water partition coefficient (Wildman–Crippen LogP) is 0.318. The quantitative estimate of drug-likeness (QED) is 0.834. The first-order valence-corrected chi connectivity index (χ1v) is 7.62. The lowest BCUT2D eigenvalue weighted by Crippen LogP contribution is -2.35. The highest BCUT2D eigenvalue weighted by atomic mass is 32.2. The third kappa shape index (κ3) is 3.17. The lowest BCUT2D eigenvalue weighted by molar-refractivity contribution is 0.0940. The SMILES string of the molecule is COc1ccc(C(=O)NC2CCS(=O)(=O)C2)cc1O. The summed E-state index contributed by atoms with van der Waals surface area (Å²) in [6, 6.07) is 3.92. The van der Waals surface area contributed by atoms with Crippen molar-refractivity contribution >= 4 is 15.7 Å². The van der Waals surface area contributed by atoms with Gasteiger partial charge in [-0.2, -0.15) is 0 Å². The van der Waals surface area contributed by atoms with Crippen LogP contribution in [0, 0.1) is 0 Å². The monoisotopic (exact) mass is 285 g/mol. The van der Waals surface area contributed by atoms with E-state index in [4.69, 9.17) is 4.74 Å². The Morgan fingerprint density at radius 1 is 1.47 bits per heavy atom. The number of hydrogen-bond acceptors (Lipinski definition) is 5. The Kier molecular flexibility index (Phi) is 3.66. The van der Waals surface area contributed by atoms with Crippen LogP contribution in [0.25, 0.3) is 0 Å². The van der Waals surface area contributed by atoms with E-state index in [-0.39, 0.29) is 34.6 Å². The second-order valence-corrected chi connectivity index (χ2v) is 6.69. The summed E-state index contributed by atoms with van der Waals surface area (Å²) in [6.07, 6.45) is 0.427. The van der Waals surface area contributed by atoms with Crippen molar-refractivity contribution in [1.29, 1.82) is 0 Å². The van der Waals surface area contributed by atoms with Crippen molar-refractivity contribution in [3.8, 4) is 11.5 Å². The molecule has 1 aromatic carbocycles. The maximum atomic E-state index is 11.9. The fourth-order valence-electron chi connectivity index (χ4n) is 2.01. The van der Waals surface area contributed by atoms with Gasteiger partial charge in [0.05, 0.1) is 18.6 Å². The van der Waals surface area contributed by atoms with Crippen LogP contribution < -0.4 is 10.1 Å². The number of hydrogen-bond donors (Lipinski definition) is 2. The minimum absolute atomic E-state index is 0.0269. The molecule has 0 aromatic heterocycles. The van der Waals surface area contributed by atoms with Crippen molar-refractivity contribution in [3.63, 3.8) is 0 Å². The molecule has 104 valence electrons. The van der Waals surface area contributed by atoms with Gasteiger partial charge < -0.3 is 15.2 Å². The topological polar surface area (TPSA) is 92.7 Å². The highest BCUT2D eigenvalue weighted by Gasteiger charge is 2.29. The maximum Gasteiger partial charge on any atom is 0.251 e. The molecule has 1 unspecified atom stereocenters. The predicted molar refractivity (Wildman–Crippen MR) is 69.2 cm³/mol. The van der Waals surface area contributed by atoms with E-state index >= 15 is 0 Å². The number of phenolic OH excluding ortho intramolecular Hbond substituents is 1. The molecule has 1 amide bonds. The van der Waals surface area contributed by atoms with E-state index in [0.29, 0.717) is 6.42 Å². The van der Waals surface area contributed by atoms with Crippen molar-refractivity contribution in [3.05, 3.63) is 23.8 Å². The summed E-state index contributed by atoms with van der Waals surface area (Å²) in [7, 11) is -1.61. The summed E-state index contributed by atoms with van der Waals surface area (Å²) in [5.74, 6) is -0.179. The van der Waals surface area contributed by atoms with Crippen molar-refractivity contribution in [2.24, 2.45) is 0 Å². The Hall–Kier alpha value is -1.76. The van der Waals surface area contributed by atoms with Crippen LogP contribution in [0.3, 0.4) is 0 Å². The molecule has 7 heteroatoms. The molecule has 0 aliphatic carbocycles. The van der Waals surface area contributed by atoms with Crippen LogP contribution in [0.2, 0.25) is 0 Å². The number of amides is 1. The van der Waals surface area contributed by atoms with E-state index in [1.807, 2.05) is 0 Å². The first-order valence-electron chi connectivity index (χ1n) is 5.79. The number of rotatable bonds is 3. The average molecular weight is 285 g/mol. The van der Waals surface area contributed by atoms with Crippen molar-refractivity contribution in [2.75, 3.05) is 18.6 Å². The third-order valence-electron chi connectivity index (χ3n) is 3.01. The van der Waals surface area contributed by atoms with Gasteiger partial charge in [-0.15, -0.1) is 0 Å². The molecule has 1 heterocycles. The van der Waals surface area contributed by atoms with Gasteiger partial charge in [0.15, 0.2) is 21.3 Å². The fourth-order valence-corrected chi connectivity index (χ4v) is 3.68. The molecule has 19 heavy (non-hydrogen) atoms. The highest BCUT2D eigenvalue weighted by Crippen LogP contribution is 2.26. The second-order valence-electron chi connectivity index (χ2n) is 4.46. The number of ether oxygens (including phenoxy) is 1. The molecular weight excluding hydrogens is 270 g/mol. The molecule has 1 aromatic rings. The molecule has 1 aliphatic rings. The van der Waals surface area contributed by atoms with Gasteiger partial charge in [-0.25, -0.2) is 8.42 Å². The zero-order valence-electron chi connectivity index (χ0n) is 10.4. The summed E-state index contributed by atoms with van der Waals surface area (Å²) in [4.78, 5) is 11.9. The van der Waals surface area contributed by atoms with Gasteiger partial charge >= 0.3 is 0 Å². The van der Waals surface area contributed by atoms with Crippen LogP contribution in [0.1, 0.15) is 16.8 Å². The molecule has 1 saturated heterocycles. The molecule has 1 fully saturated rings. The van der Waals surface area contributed by atoms with Crippen LogP contribution in [0.15, 0.2) is 18.2 Å². The summed E-state index contributed by atoms with van der Waals surface area (Å²) >= 11 is 0. The fraction of sp³-hybridized carbons (Fsp3) is 0.417. The van der Waals surface area contributed by atoms with E-state index in [0.717, 1.165) is 0 Å². The highest BCUT2D eigenvalue weighted by molar-refractivity contribution is 7.91. The minimum atomic E-state index is -3.03. The van der Waals surface area contributed by atoms with Crippen LogP contribution in [-0.2, 0) is 9.84 Å². The van der Waals surface area contributed by atoms with E-state index in [1.54, 1.807) is 0 Å². The lowest BCUT2D eigenvalue weighted by atomic mass is 10.1. The standard InChI is InChI=1S/C12H15NO5S/c1-18-11-3-2-8(6-10(11)14)12(15)13-9-4-5-19(16,17)7-9/h2-3,6,9,14H,4-5,7H2,1H3,(H,13,15).